The fourth-order valence-electron chi connectivity index (χ4n) is 0.293. The van der Waals surface area contributed by atoms with E-state index < -0.39 is 0 Å². The summed E-state index contributed by atoms with van der Waals surface area (Å²) in [6, 6.07) is 0. The molecule has 0 fully saturated rings. The van der Waals surface area contributed by atoms with Gasteiger partial charge < -0.3 is 10.2 Å². The van der Waals surface area contributed by atoms with Crippen LogP contribution in [0.5, 0.6) is 0 Å². The van der Waals surface area contributed by atoms with E-state index in [2.05, 4.69) is 0 Å². The maximum absolute atomic E-state index is 8.82. The summed E-state index contributed by atoms with van der Waals surface area (Å²) in [7, 11) is 3.19. The number of aliphatic hydroxyl groups excluding tert-OH is 2. The van der Waals surface area contributed by atoms with E-state index >= 15 is 0 Å². The van der Waals surface area contributed by atoms with Gasteiger partial charge in [0.25, 0.3) is 0 Å². The third-order valence-corrected chi connectivity index (χ3v) is 3.42. The van der Waals surface area contributed by atoms with Crippen molar-refractivity contribution in [2.75, 3.05) is 11.5 Å². The summed E-state index contributed by atoms with van der Waals surface area (Å²) in [5.41, 5.74) is 0. The monoisotopic (exact) mass is 182 g/mol. The summed E-state index contributed by atoms with van der Waals surface area (Å²) in [6.07, 6.45) is -0.488. The van der Waals surface area contributed by atoms with Crippen LogP contribution in [0.2, 0.25) is 0 Å². The van der Waals surface area contributed by atoms with E-state index in [1.807, 2.05) is 0 Å². The van der Waals surface area contributed by atoms with Crippen LogP contribution in [-0.4, -0.2) is 33.9 Å². The molecule has 0 saturated carbocycles. The summed E-state index contributed by atoms with van der Waals surface area (Å²) in [6.45, 7) is 3.52. The molecule has 62 valence electrons. The van der Waals surface area contributed by atoms with Gasteiger partial charge in [0.05, 0.1) is 12.2 Å². The molecule has 0 spiro atoms. The van der Waals surface area contributed by atoms with E-state index in [9.17, 15) is 0 Å². The molecule has 0 radical (unpaired) electrons. The first kappa shape index (κ1) is 10.6. The van der Waals surface area contributed by atoms with Crippen molar-refractivity contribution in [2.24, 2.45) is 0 Å². The van der Waals surface area contributed by atoms with Crippen molar-refractivity contribution in [1.82, 2.24) is 0 Å². The second-order valence-electron chi connectivity index (χ2n) is 2.27. The number of hydrogen-bond donors (Lipinski definition) is 2. The van der Waals surface area contributed by atoms with E-state index in [-0.39, 0.29) is 12.2 Å². The minimum Gasteiger partial charge on any atom is -0.393 e. The highest BCUT2D eigenvalue weighted by molar-refractivity contribution is 8.76. The standard InChI is InChI=1S/C6H14O2S2/c1-5(7)3-9-10-4-6(2)8/h5-8H,3-4H2,1-2H3/t5-,6-/m0/s1. The van der Waals surface area contributed by atoms with Gasteiger partial charge in [-0.05, 0) is 13.8 Å². The van der Waals surface area contributed by atoms with Gasteiger partial charge in [0.1, 0.15) is 0 Å². The summed E-state index contributed by atoms with van der Waals surface area (Å²) in [5, 5.41) is 17.6. The van der Waals surface area contributed by atoms with E-state index in [1.54, 1.807) is 35.4 Å². The first-order valence-electron chi connectivity index (χ1n) is 3.23. The van der Waals surface area contributed by atoms with Crippen molar-refractivity contribution in [3.05, 3.63) is 0 Å². The lowest BCUT2D eigenvalue weighted by atomic mass is 10.5. The molecule has 0 aromatic carbocycles. The van der Waals surface area contributed by atoms with Crippen molar-refractivity contribution >= 4 is 21.6 Å². The van der Waals surface area contributed by atoms with E-state index in [1.165, 1.54) is 0 Å². The first-order chi connectivity index (χ1) is 4.63. The van der Waals surface area contributed by atoms with Crippen LogP contribution in [0.1, 0.15) is 13.8 Å². The Balaban J connectivity index is 2.91. The van der Waals surface area contributed by atoms with Crippen molar-refractivity contribution in [1.29, 1.82) is 0 Å². The molecule has 4 heteroatoms. The Labute approximate surface area is 69.8 Å². The van der Waals surface area contributed by atoms with Crippen LogP contribution in [0.25, 0.3) is 0 Å². The zero-order valence-corrected chi connectivity index (χ0v) is 7.91. The van der Waals surface area contributed by atoms with Crippen LogP contribution in [0.4, 0.5) is 0 Å². The predicted molar refractivity (Wildman–Crippen MR) is 48.3 cm³/mol. The van der Waals surface area contributed by atoms with Gasteiger partial charge in [-0.15, -0.1) is 0 Å². The Morgan fingerprint density at radius 1 is 1.00 bits per heavy atom. The normalized spacial score (nSPS) is 16.8. The zero-order valence-electron chi connectivity index (χ0n) is 6.28. The highest BCUT2D eigenvalue weighted by atomic mass is 33.1. The van der Waals surface area contributed by atoms with E-state index in [0.29, 0.717) is 0 Å². The highest BCUT2D eigenvalue weighted by Crippen LogP contribution is 2.22. The fourth-order valence-corrected chi connectivity index (χ4v) is 2.64. The number of hydrogen-bond acceptors (Lipinski definition) is 4. The average molecular weight is 182 g/mol. The molecule has 10 heavy (non-hydrogen) atoms. The van der Waals surface area contributed by atoms with Crippen LogP contribution in [0, 0.1) is 0 Å². The highest BCUT2D eigenvalue weighted by Gasteiger charge is 1.98. The van der Waals surface area contributed by atoms with Crippen LogP contribution < -0.4 is 0 Å². The molecule has 0 saturated heterocycles. The molecule has 0 aromatic rings. The second kappa shape index (κ2) is 6.34. The third-order valence-electron chi connectivity index (χ3n) is 0.702. The van der Waals surface area contributed by atoms with Crippen molar-refractivity contribution < 1.29 is 10.2 Å². The maximum atomic E-state index is 8.82. The predicted octanol–water partition coefficient (Wildman–Crippen LogP) is 1.13. The Hall–Kier alpha value is 0.620. The SMILES string of the molecule is C[C@H](O)CSSC[C@H](C)O. The Bertz CT molecular complexity index is 66.1. The van der Waals surface area contributed by atoms with E-state index in [0.717, 1.165) is 11.5 Å². The molecule has 0 aromatic heterocycles. The Kier molecular flexibility index (Phi) is 6.73. The maximum Gasteiger partial charge on any atom is 0.0610 e. The molecule has 0 unspecified atom stereocenters. The summed E-state index contributed by atoms with van der Waals surface area (Å²) in [5.74, 6) is 1.47. The van der Waals surface area contributed by atoms with Gasteiger partial charge in [0.2, 0.25) is 0 Å². The Morgan fingerprint density at radius 2 is 1.30 bits per heavy atom. The van der Waals surface area contributed by atoms with Gasteiger partial charge in [0, 0.05) is 11.5 Å². The molecule has 2 nitrogen and oxygen atoms in total. The molecule has 0 amide bonds. The van der Waals surface area contributed by atoms with Gasteiger partial charge in [-0.2, -0.15) is 0 Å². The minimum atomic E-state index is -0.244. The van der Waals surface area contributed by atoms with Gasteiger partial charge in [-0.1, -0.05) is 21.6 Å². The van der Waals surface area contributed by atoms with Crippen molar-refractivity contribution in [2.45, 2.75) is 26.1 Å². The molecule has 0 rings (SSSR count). The topological polar surface area (TPSA) is 40.5 Å². The summed E-state index contributed by atoms with van der Waals surface area (Å²) < 4.78 is 0. The summed E-state index contributed by atoms with van der Waals surface area (Å²) in [4.78, 5) is 0. The molecular weight excluding hydrogens is 168 g/mol. The molecule has 0 bridgehead atoms. The third kappa shape index (κ3) is 8.62. The van der Waals surface area contributed by atoms with Crippen molar-refractivity contribution in [3.8, 4) is 0 Å². The zero-order chi connectivity index (χ0) is 7.98. The molecule has 0 aliphatic carbocycles. The number of rotatable bonds is 5. The van der Waals surface area contributed by atoms with Crippen LogP contribution in [-0.2, 0) is 0 Å². The second-order valence-corrected chi connectivity index (χ2v) is 4.82. The number of aliphatic hydroxyl groups is 2. The minimum absolute atomic E-state index is 0.244. The lowest BCUT2D eigenvalue weighted by Gasteiger charge is -2.04. The quantitative estimate of drug-likeness (QED) is 0.494. The van der Waals surface area contributed by atoms with Gasteiger partial charge >= 0.3 is 0 Å². The van der Waals surface area contributed by atoms with Crippen LogP contribution >= 0.6 is 21.6 Å². The summed E-state index contributed by atoms with van der Waals surface area (Å²) >= 11 is 0. The lowest BCUT2D eigenvalue weighted by molar-refractivity contribution is 0.219. The average Bonchev–Trinajstić information content (AvgIpc) is 1.79. The molecule has 0 aliphatic rings. The lowest BCUT2D eigenvalue weighted by Crippen LogP contribution is -2.04. The Morgan fingerprint density at radius 3 is 1.50 bits per heavy atom. The van der Waals surface area contributed by atoms with E-state index in [4.69, 9.17) is 10.2 Å². The van der Waals surface area contributed by atoms with Gasteiger partial charge in [0.15, 0.2) is 0 Å². The smallest absolute Gasteiger partial charge is 0.0610 e. The van der Waals surface area contributed by atoms with Gasteiger partial charge in [-0.25, -0.2) is 0 Å². The van der Waals surface area contributed by atoms with Crippen LogP contribution in [0.3, 0.4) is 0 Å². The largest absolute Gasteiger partial charge is 0.393 e. The van der Waals surface area contributed by atoms with Gasteiger partial charge in [-0.3, -0.25) is 0 Å². The molecular formula is C6H14O2S2. The van der Waals surface area contributed by atoms with Crippen LogP contribution in [0.15, 0.2) is 0 Å². The first-order valence-corrected chi connectivity index (χ1v) is 5.72. The van der Waals surface area contributed by atoms with Crippen molar-refractivity contribution in [3.63, 3.8) is 0 Å². The molecule has 0 aliphatic heterocycles. The molecule has 2 N–H and O–H groups in total. The molecule has 0 heterocycles. The molecule has 2 atom stereocenters. The fraction of sp³-hybridized carbons (Fsp3) is 1.00.